The van der Waals surface area contributed by atoms with E-state index in [0.717, 1.165) is 65.9 Å². The summed E-state index contributed by atoms with van der Waals surface area (Å²) in [5.74, 6) is 1.19. The van der Waals surface area contributed by atoms with Crippen molar-refractivity contribution in [3.05, 3.63) is 58.9 Å². The molecule has 0 saturated heterocycles. The molecule has 7 nitrogen and oxygen atoms in total. The van der Waals surface area contributed by atoms with Gasteiger partial charge < -0.3 is 19.4 Å². The van der Waals surface area contributed by atoms with Crippen molar-refractivity contribution in [2.75, 3.05) is 19.0 Å². The van der Waals surface area contributed by atoms with E-state index in [0.29, 0.717) is 30.8 Å². The molecule has 2 aliphatic rings. The van der Waals surface area contributed by atoms with Crippen LogP contribution in [0.1, 0.15) is 72.6 Å². The summed E-state index contributed by atoms with van der Waals surface area (Å²) < 4.78 is 12.8. The van der Waals surface area contributed by atoms with E-state index in [1.807, 2.05) is 43.5 Å². The fourth-order valence-corrected chi connectivity index (χ4v) is 5.29. The molecule has 0 unspecified atom stereocenters. The highest BCUT2D eigenvalue weighted by Gasteiger charge is 2.27. The zero-order chi connectivity index (χ0) is 24.2. The molecule has 35 heavy (non-hydrogen) atoms. The zero-order valence-corrected chi connectivity index (χ0v) is 20.7. The summed E-state index contributed by atoms with van der Waals surface area (Å²) in [7, 11) is 1.66. The Kier molecular flexibility index (Phi) is 7.02. The number of methoxy groups -OCH3 is 1. The van der Waals surface area contributed by atoms with Gasteiger partial charge in [0.05, 0.1) is 25.1 Å². The SMILES string of the molecule is CCOC(=O)c1cc2c(n1Cc1ccc(OC)cc1)-c1nc(NC3CCCCC3)ncc1CCC2. The third-order valence-electron chi connectivity index (χ3n) is 7.08. The molecule has 7 heteroatoms. The molecule has 0 spiro atoms. The highest BCUT2D eigenvalue weighted by molar-refractivity contribution is 5.90. The summed E-state index contributed by atoms with van der Waals surface area (Å²) in [6.07, 6.45) is 10.9. The smallest absolute Gasteiger partial charge is 0.354 e. The fraction of sp³-hybridized carbons (Fsp3) is 0.464. The first-order valence-electron chi connectivity index (χ1n) is 12.8. The highest BCUT2D eigenvalue weighted by Crippen LogP contribution is 2.35. The molecule has 2 heterocycles. The maximum Gasteiger partial charge on any atom is 0.354 e. The number of carbonyl (C=O) groups is 1. The van der Waals surface area contributed by atoms with Crippen molar-refractivity contribution in [3.8, 4) is 17.1 Å². The Morgan fingerprint density at radius 1 is 1.09 bits per heavy atom. The Bertz CT molecular complexity index is 1180. The van der Waals surface area contributed by atoms with Crippen molar-refractivity contribution >= 4 is 11.9 Å². The average molecular weight is 475 g/mol. The van der Waals surface area contributed by atoms with E-state index < -0.39 is 0 Å². The van der Waals surface area contributed by atoms with E-state index in [9.17, 15) is 4.79 Å². The molecule has 2 aromatic heterocycles. The van der Waals surface area contributed by atoms with Gasteiger partial charge >= 0.3 is 5.97 Å². The van der Waals surface area contributed by atoms with Gasteiger partial charge in [-0.1, -0.05) is 31.4 Å². The van der Waals surface area contributed by atoms with Gasteiger partial charge in [0.15, 0.2) is 0 Å². The standard InChI is InChI=1S/C28H34N4O3/c1-3-35-27(33)24-16-20-8-7-9-21-17-29-28(30-22-10-5-4-6-11-22)31-25(21)26(20)32(24)18-19-12-14-23(34-2)15-13-19/h12-17,22H,3-11,18H2,1-2H3,(H,29,30,31). The van der Waals surface area contributed by atoms with Gasteiger partial charge in [-0.25, -0.2) is 14.8 Å². The lowest BCUT2D eigenvalue weighted by Gasteiger charge is -2.23. The zero-order valence-electron chi connectivity index (χ0n) is 20.7. The lowest BCUT2D eigenvalue weighted by Crippen LogP contribution is -2.23. The Labute approximate surface area is 206 Å². The molecule has 0 radical (unpaired) electrons. The second-order valence-electron chi connectivity index (χ2n) is 9.46. The molecule has 1 N–H and O–H groups in total. The number of aromatic nitrogens is 3. The van der Waals surface area contributed by atoms with Gasteiger partial charge in [-0.3, -0.25) is 0 Å². The maximum absolute atomic E-state index is 13.0. The van der Waals surface area contributed by atoms with Crippen LogP contribution in [0.3, 0.4) is 0 Å². The summed E-state index contributed by atoms with van der Waals surface area (Å²) in [4.78, 5) is 22.7. The molecule has 2 aliphatic carbocycles. The number of fused-ring (bicyclic) bond motifs is 3. The Balaban J connectivity index is 1.58. The largest absolute Gasteiger partial charge is 0.497 e. The van der Waals surface area contributed by atoms with Crippen molar-refractivity contribution in [1.29, 1.82) is 0 Å². The molecule has 0 aliphatic heterocycles. The van der Waals surface area contributed by atoms with Crippen molar-refractivity contribution in [3.63, 3.8) is 0 Å². The second kappa shape index (κ2) is 10.5. The third-order valence-corrected chi connectivity index (χ3v) is 7.08. The fourth-order valence-electron chi connectivity index (χ4n) is 5.29. The van der Waals surface area contributed by atoms with Crippen LogP contribution in [0.5, 0.6) is 5.75 Å². The number of esters is 1. The molecule has 184 valence electrons. The van der Waals surface area contributed by atoms with Crippen LogP contribution in [-0.2, 0) is 24.1 Å². The molecule has 0 amide bonds. The van der Waals surface area contributed by atoms with Crippen molar-refractivity contribution in [2.45, 2.75) is 70.9 Å². The minimum atomic E-state index is -0.301. The highest BCUT2D eigenvalue weighted by atomic mass is 16.5. The van der Waals surface area contributed by atoms with Crippen molar-refractivity contribution < 1.29 is 14.3 Å². The summed E-state index contributed by atoms with van der Waals surface area (Å²) in [5, 5.41) is 3.58. The number of benzene rings is 1. The predicted octanol–water partition coefficient (Wildman–Crippen LogP) is 5.41. The number of nitrogens with one attached hydrogen (secondary N) is 1. The molecule has 1 saturated carbocycles. The average Bonchev–Trinajstić information content (AvgIpc) is 3.13. The normalized spacial score (nSPS) is 15.6. The Hall–Kier alpha value is -3.35. The molecular formula is C28H34N4O3. The van der Waals surface area contributed by atoms with Crippen LogP contribution in [0, 0.1) is 0 Å². The number of aryl methyl sites for hydroxylation is 2. The van der Waals surface area contributed by atoms with E-state index in [4.69, 9.17) is 14.5 Å². The lowest BCUT2D eigenvalue weighted by atomic mass is 9.96. The Morgan fingerprint density at radius 2 is 1.86 bits per heavy atom. The van der Waals surface area contributed by atoms with Gasteiger partial charge in [0.1, 0.15) is 11.4 Å². The van der Waals surface area contributed by atoms with Crippen LogP contribution < -0.4 is 10.1 Å². The third kappa shape index (κ3) is 5.04. The summed E-state index contributed by atoms with van der Waals surface area (Å²) >= 11 is 0. The first-order valence-corrected chi connectivity index (χ1v) is 12.8. The molecule has 0 bridgehead atoms. The van der Waals surface area contributed by atoms with E-state index in [1.54, 1.807) is 7.11 Å². The predicted molar refractivity (Wildman–Crippen MR) is 136 cm³/mol. The van der Waals surface area contributed by atoms with Gasteiger partial charge in [-0.2, -0.15) is 0 Å². The van der Waals surface area contributed by atoms with E-state index in [1.165, 1.54) is 19.3 Å². The molecular weight excluding hydrogens is 440 g/mol. The van der Waals surface area contributed by atoms with Crippen LogP contribution >= 0.6 is 0 Å². The minimum Gasteiger partial charge on any atom is -0.497 e. The maximum atomic E-state index is 13.0. The van der Waals surface area contributed by atoms with Crippen LogP contribution in [0.15, 0.2) is 36.5 Å². The van der Waals surface area contributed by atoms with Crippen LogP contribution in [0.2, 0.25) is 0 Å². The first-order chi connectivity index (χ1) is 17.2. The second-order valence-corrected chi connectivity index (χ2v) is 9.46. The molecule has 3 aromatic rings. The van der Waals surface area contributed by atoms with Gasteiger partial charge in [0.25, 0.3) is 0 Å². The topological polar surface area (TPSA) is 78.3 Å². The number of ether oxygens (including phenoxy) is 2. The van der Waals surface area contributed by atoms with Crippen LogP contribution in [-0.4, -0.2) is 40.3 Å². The number of rotatable bonds is 7. The molecule has 0 atom stereocenters. The van der Waals surface area contributed by atoms with Gasteiger partial charge in [-0.05, 0) is 73.9 Å². The van der Waals surface area contributed by atoms with Crippen LogP contribution in [0.4, 0.5) is 5.95 Å². The molecule has 1 fully saturated rings. The van der Waals surface area contributed by atoms with E-state index in [2.05, 4.69) is 14.9 Å². The molecule has 5 rings (SSSR count). The number of hydrogen-bond acceptors (Lipinski definition) is 6. The quantitative estimate of drug-likeness (QED) is 0.461. The van der Waals surface area contributed by atoms with Crippen LogP contribution in [0.25, 0.3) is 11.4 Å². The van der Waals surface area contributed by atoms with Gasteiger partial charge in [0, 0.05) is 18.8 Å². The Morgan fingerprint density at radius 3 is 2.60 bits per heavy atom. The summed E-state index contributed by atoms with van der Waals surface area (Å²) in [6, 6.07) is 10.4. The van der Waals surface area contributed by atoms with Gasteiger partial charge in [-0.15, -0.1) is 0 Å². The summed E-state index contributed by atoms with van der Waals surface area (Å²) in [5.41, 5.74) is 5.85. The molecule has 1 aromatic carbocycles. The number of anilines is 1. The lowest BCUT2D eigenvalue weighted by molar-refractivity contribution is 0.0514. The van der Waals surface area contributed by atoms with Crippen molar-refractivity contribution in [1.82, 2.24) is 14.5 Å². The number of nitrogens with zero attached hydrogens (tertiary/aromatic N) is 3. The number of hydrogen-bond donors (Lipinski definition) is 1. The van der Waals surface area contributed by atoms with E-state index >= 15 is 0 Å². The minimum absolute atomic E-state index is 0.301. The van der Waals surface area contributed by atoms with E-state index in [-0.39, 0.29) is 5.97 Å². The van der Waals surface area contributed by atoms with Crippen molar-refractivity contribution in [2.24, 2.45) is 0 Å². The monoisotopic (exact) mass is 474 g/mol. The summed E-state index contributed by atoms with van der Waals surface area (Å²) in [6.45, 7) is 2.72. The first kappa shape index (κ1) is 23.4. The van der Waals surface area contributed by atoms with Gasteiger partial charge in [0.2, 0.25) is 5.95 Å². The number of carbonyl (C=O) groups excluding carboxylic acids is 1.